The number of hydrogen-bond acceptors (Lipinski definition) is 6. The molecule has 0 unspecified atom stereocenters. The van der Waals surface area contributed by atoms with Crippen LogP contribution < -0.4 is 14.8 Å². The Balaban J connectivity index is 1.38. The molecule has 28 heavy (non-hydrogen) atoms. The molecule has 7 heteroatoms. The van der Waals surface area contributed by atoms with Gasteiger partial charge in [0.05, 0.1) is 7.11 Å². The van der Waals surface area contributed by atoms with Crippen LogP contribution in [0.3, 0.4) is 0 Å². The summed E-state index contributed by atoms with van der Waals surface area (Å²) in [6.45, 7) is 1.84. The van der Waals surface area contributed by atoms with Crippen LogP contribution in [0.4, 0.5) is 5.88 Å². The number of oxazole rings is 1. The van der Waals surface area contributed by atoms with Crippen molar-refractivity contribution in [3.05, 3.63) is 60.2 Å². The lowest BCUT2D eigenvalue weighted by molar-refractivity contribution is -0.118. The average Bonchev–Trinajstić information content (AvgIpc) is 3.33. The number of carbonyl (C=O) groups is 1. The molecule has 0 saturated carbocycles. The van der Waals surface area contributed by atoms with Crippen molar-refractivity contribution in [3.63, 3.8) is 0 Å². The summed E-state index contributed by atoms with van der Waals surface area (Å²) in [6.07, 6.45) is 0. The third-order valence-electron chi connectivity index (χ3n) is 4.05. The molecule has 142 valence electrons. The number of ether oxygens (including phenoxy) is 2. The molecule has 0 bridgehead atoms. The Morgan fingerprint density at radius 1 is 1.04 bits per heavy atom. The first kappa shape index (κ1) is 17.7. The third-order valence-corrected chi connectivity index (χ3v) is 4.05. The lowest BCUT2D eigenvalue weighted by Crippen LogP contribution is -2.19. The van der Waals surface area contributed by atoms with Crippen LogP contribution in [0.5, 0.6) is 11.5 Å². The Bertz CT molecular complexity index is 1110. The van der Waals surface area contributed by atoms with Gasteiger partial charge in [-0.25, -0.2) is 4.98 Å². The molecule has 0 fully saturated rings. The first-order valence-corrected chi connectivity index (χ1v) is 8.65. The van der Waals surface area contributed by atoms with Crippen molar-refractivity contribution in [2.45, 2.75) is 6.92 Å². The van der Waals surface area contributed by atoms with Gasteiger partial charge in [0.25, 0.3) is 11.8 Å². The highest BCUT2D eigenvalue weighted by Crippen LogP contribution is 2.28. The van der Waals surface area contributed by atoms with Gasteiger partial charge in [-0.1, -0.05) is 6.07 Å². The number of nitrogens with one attached hydrogen (secondary N) is 1. The second-order valence-electron chi connectivity index (χ2n) is 6.17. The molecular weight excluding hydrogens is 360 g/mol. The van der Waals surface area contributed by atoms with E-state index in [1.165, 1.54) is 0 Å². The van der Waals surface area contributed by atoms with Crippen LogP contribution in [0, 0.1) is 6.92 Å². The number of anilines is 1. The fourth-order valence-electron chi connectivity index (χ4n) is 2.66. The van der Waals surface area contributed by atoms with Gasteiger partial charge in [-0.15, -0.1) is 0 Å². The summed E-state index contributed by atoms with van der Waals surface area (Å²) in [5.74, 6) is 2.02. The molecule has 2 aromatic carbocycles. The van der Waals surface area contributed by atoms with Crippen molar-refractivity contribution < 1.29 is 23.1 Å². The van der Waals surface area contributed by atoms with E-state index in [-0.39, 0.29) is 18.4 Å². The lowest BCUT2D eigenvalue weighted by atomic mass is 10.2. The standard InChI is InChI=1S/C21H18N2O5/c1-13-3-8-17-16(11-13)22-21(28-17)18-9-10-20(27-18)23-19(24)12-26-15-6-4-14(25-2)5-7-15/h3-11H,12H2,1-2H3,(H,23,24). The third kappa shape index (κ3) is 3.83. The van der Waals surface area contributed by atoms with Crippen molar-refractivity contribution in [3.8, 4) is 23.1 Å². The predicted molar refractivity (Wildman–Crippen MR) is 104 cm³/mol. The number of aryl methyl sites for hydroxylation is 1. The van der Waals surface area contributed by atoms with Gasteiger partial charge in [0, 0.05) is 6.07 Å². The van der Waals surface area contributed by atoms with Crippen LogP contribution in [0.15, 0.2) is 63.4 Å². The Labute approximate surface area is 160 Å². The van der Waals surface area contributed by atoms with E-state index in [0.717, 1.165) is 11.1 Å². The highest BCUT2D eigenvalue weighted by molar-refractivity contribution is 5.90. The number of nitrogens with zero attached hydrogens (tertiary/aromatic N) is 1. The highest BCUT2D eigenvalue weighted by Gasteiger charge is 2.14. The SMILES string of the molecule is COc1ccc(OCC(=O)Nc2ccc(-c3nc4cc(C)ccc4o3)o2)cc1. The molecule has 4 aromatic rings. The quantitative estimate of drug-likeness (QED) is 0.534. The number of methoxy groups -OCH3 is 1. The molecule has 0 aliphatic rings. The van der Waals surface area contributed by atoms with Crippen molar-refractivity contribution in [1.29, 1.82) is 0 Å². The van der Waals surface area contributed by atoms with Crippen LogP contribution >= 0.6 is 0 Å². The summed E-state index contributed by atoms with van der Waals surface area (Å²) in [5, 5.41) is 2.64. The molecule has 2 aromatic heterocycles. The second kappa shape index (κ2) is 7.48. The molecule has 0 aliphatic carbocycles. The first-order valence-electron chi connectivity index (χ1n) is 8.65. The number of aromatic nitrogens is 1. The Hall–Kier alpha value is -3.74. The smallest absolute Gasteiger partial charge is 0.264 e. The number of fused-ring (bicyclic) bond motifs is 1. The van der Waals surface area contributed by atoms with Gasteiger partial charge in [0.2, 0.25) is 5.88 Å². The molecule has 1 N–H and O–H groups in total. The maximum atomic E-state index is 12.1. The Morgan fingerprint density at radius 2 is 1.82 bits per heavy atom. The number of furan rings is 1. The minimum Gasteiger partial charge on any atom is -0.497 e. The van der Waals surface area contributed by atoms with Crippen molar-refractivity contribution in [1.82, 2.24) is 4.98 Å². The zero-order chi connectivity index (χ0) is 19.5. The van der Waals surface area contributed by atoms with Gasteiger partial charge >= 0.3 is 0 Å². The zero-order valence-corrected chi connectivity index (χ0v) is 15.4. The summed E-state index contributed by atoms with van der Waals surface area (Å²) in [4.78, 5) is 16.5. The molecule has 2 heterocycles. The molecular formula is C21H18N2O5. The van der Waals surface area contributed by atoms with E-state index in [2.05, 4.69) is 10.3 Å². The molecule has 0 aliphatic heterocycles. The number of carbonyl (C=O) groups excluding carboxylic acids is 1. The fraction of sp³-hybridized carbons (Fsp3) is 0.143. The number of hydrogen-bond donors (Lipinski definition) is 1. The van der Waals surface area contributed by atoms with E-state index in [4.69, 9.17) is 18.3 Å². The van der Waals surface area contributed by atoms with Crippen molar-refractivity contribution in [2.24, 2.45) is 0 Å². The van der Waals surface area contributed by atoms with E-state index in [1.54, 1.807) is 43.5 Å². The fourth-order valence-corrected chi connectivity index (χ4v) is 2.66. The van der Waals surface area contributed by atoms with Gasteiger partial charge in [0.1, 0.15) is 17.0 Å². The van der Waals surface area contributed by atoms with E-state index < -0.39 is 0 Å². The molecule has 0 radical (unpaired) electrons. The maximum absolute atomic E-state index is 12.1. The second-order valence-corrected chi connectivity index (χ2v) is 6.17. The van der Waals surface area contributed by atoms with Gasteiger partial charge in [-0.3, -0.25) is 10.1 Å². The summed E-state index contributed by atoms with van der Waals surface area (Å²) < 4.78 is 21.8. The van der Waals surface area contributed by atoms with E-state index in [9.17, 15) is 4.79 Å². The summed E-state index contributed by atoms with van der Waals surface area (Å²) in [6, 6.07) is 16.1. The van der Waals surface area contributed by atoms with Gasteiger partial charge < -0.3 is 18.3 Å². The maximum Gasteiger partial charge on any atom is 0.264 e. The number of rotatable bonds is 6. The van der Waals surface area contributed by atoms with Crippen LogP contribution in [-0.4, -0.2) is 24.6 Å². The van der Waals surface area contributed by atoms with Crippen LogP contribution in [0.25, 0.3) is 22.8 Å². The number of benzene rings is 2. The minimum atomic E-state index is -0.343. The molecule has 4 rings (SSSR count). The van der Waals surface area contributed by atoms with E-state index in [1.807, 2.05) is 25.1 Å². The largest absolute Gasteiger partial charge is 0.497 e. The summed E-state index contributed by atoms with van der Waals surface area (Å²) in [7, 11) is 1.59. The normalized spacial score (nSPS) is 10.8. The molecule has 0 spiro atoms. The van der Waals surface area contributed by atoms with Crippen LogP contribution in [-0.2, 0) is 4.79 Å². The minimum absolute atomic E-state index is 0.148. The van der Waals surface area contributed by atoms with Crippen molar-refractivity contribution in [2.75, 3.05) is 19.0 Å². The van der Waals surface area contributed by atoms with Gasteiger partial charge in [-0.05, 0) is 55.0 Å². The van der Waals surface area contributed by atoms with Crippen LogP contribution in [0.2, 0.25) is 0 Å². The zero-order valence-electron chi connectivity index (χ0n) is 15.4. The van der Waals surface area contributed by atoms with Gasteiger partial charge in [0.15, 0.2) is 18.0 Å². The highest BCUT2D eigenvalue weighted by atomic mass is 16.5. The Morgan fingerprint density at radius 3 is 2.61 bits per heavy atom. The molecule has 1 amide bonds. The Kier molecular flexibility index (Phi) is 4.72. The molecule has 0 saturated heterocycles. The van der Waals surface area contributed by atoms with Crippen LogP contribution in [0.1, 0.15) is 5.56 Å². The summed E-state index contributed by atoms with van der Waals surface area (Å²) in [5.41, 5.74) is 2.52. The molecule has 7 nitrogen and oxygen atoms in total. The molecule has 0 atom stereocenters. The number of amides is 1. The van der Waals surface area contributed by atoms with Crippen molar-refractivity contribution >= 4 is 22.9 Å². The first-order chi connectivity index (χ1) is 13.6. The average molecular weight is 378 g/mol. The van der Waals surface area contributed by atoms with E-state index in [0.29, 0.717) is 28.7 Å². The lowest BCUT2D eigenvalue weighted by Gasteiger charge is -2.06. The monoisotopic (exact) mass is 378 g/mol. The predicted octanol–water partition coefficient (Wildman–Crippen LogP) is 4.42. The summed E-state index contributed by atoms with van der Waals surface area (Å²) >= 11 is 0. The van der Waals surface area contributed by atoms with Gasteiger partial charge in [-0.2, -0.15) is 0 Å². The van der Waals surface area contributed by atoms with E-state index >= 15 is 0 Å². The topological polar surface area (TPSA) is 86.7 Å².